The number of nitrogens with two attached hydrogens (primary N) is 1. The van der Waals surface area contributed by atoms with Crippen LogP contribution in [0.1, 0.15) is 12.5 Å². The predicted octanol–water partition coefficient (Wildman–Crippen LogP) is 1.45. The van der Waals surface area contributed by atoms with Gasteiger partial charge in [-0.15, -0.1) is 0 Å². The molecule has 2 unspecified atom stereocenters. The summed E-state index contributed by atoms with van der Waals surface area (Å²) in [6.07, 6.45) is 2.99. The zero-order chi connectivity index (χ0) is 12.3. The molecule has 1 aliphatic rings. The van der Waals surface area contributed by atoms with Gasteiger partial charge in [-0.05, 0) is 24.8 Å². The molecule has 2 rings (SSSR count). The van der Waals surface area contributed by atoms with E-state index < -0.39 is 0 Å². The van der Waals surface area contributed by atoms with Gasteiger partial charge in [-0.25, -0.2) is 0 Å². The van der Waals surface area contributed by atoms with Crippen LogP contribution >= 0.6 is 0 Å². The van der Waals surface area contributed by atoms with E-state index in [1.807, 2.05) is 25.1 Å². The maximum Gasteiger partial charge on any atom is 0.229 e. The Bertz CT molecular complexity index is 425. The van der Waals surface area contributed by atoms with Crippen LogP contribution in [-0.4, -0.2) is 12.5 Å². The van der Waals surface area contributed by atoms with Crippen molar-refractivity contribution in [2.24, 2.45) is 17.6 Å². The molecule has 0 spiro atoms. The number of allylic oxidation sites excluding steroid dienone is 2. The average molecular weight is 230 g/mol. The molecule has 0 aliphatic carbocycles. The molecule has 90 valence electrons. The Morgan fingerprint density at radius 2 is 2.00 bits per heavy atom. The monoisotopic (exact) mass is 230 g/mol. The molecule has 0 saturated carbocycles. The Morgan fingerprint density at radius 3 is 2.65 bits per heavy atom. The molecule has 3 heteroatoms. The van der Waals surface area contributed by atoms with Gasteiger partial charge in [-0.1, -0.05) is 36.4 Å². The van der Waals surface area contributed by atoms with Crippen molar-refractivity contribution in [1.82, 2.24) is 5.32 Å². The molecule has 0 bridgehead atoms. The zero-order valence-electron chi connectivity index (χ0n) is 10.0. The van der Waals surface area contributed by atoms with Crippen molar-refractivity contribution in [1.29, 1.82) is 0 Å². The fourth-order valence-electron chi connectivity index (χ4n) is 2.33. The minimum atomic E-state index is -0.112. The lowest BCUT2D eigenvalue weighted by Gasteiger charge is -2.28. The first-order valence-electron chi connectivity index (χ1n) is 5.94. The van der Waals surface area contributed by atoms with Crippen LogP contribution in [0.4, 0.5) is 0 Å². The number of hydrogen-bond donors (Lipinski definition) is 2. The normalized spacial score (nSPS) is 24.1. The summed E-state index contributed by atoms with van der Waals surface area (Å²) in [6, 6.07) is 10.2. The number of benzene rings is 1. The minimum Gasteiger partial charge on any atom is -0.330 e. The predicted molar refractivity (Wildman–Crippen MR) is 68.1 cm³/mol. The van der Waals surface area contributed by atoms with E-state index in [9.17, 15) is 4.79 Å². The van der Waals surface area contributed by atoms with Crippen LogP contribution in [0.15, 0.2) is 42.1 Å². The van der Waals surface area contributed by atoms with E-state index in [0.29, 0.717) is 6.54 Å². The van der Waals surface area contributed by atoms with Gasteiger partial charge in [0, 0.05) is 12.2 Å². The third-order valence-electron chi connectivity index (χ3n) is 3.21. The summed E-state index contributed by atoms with van der Waals surface area (Å²) >= 11 is 0. The lowest BCUT2D eigenvalue weighted by molar-refractivity contribution is -0.125. The van der Waals surface area contributed by atoms with E-state index in [-0.39, 0.29) is 17.7 Å². The highest BCUT2D eigenvalue weighted by atomic mass is 16.2. The number of amides is 1. The highest BCUT2D eigenvalue weighted by Gasteiger charge is 2.29. The molecule has 0 fully saturated rings. The summed E-state index contributed by atoms with van der Waals surface area (Å²) in [4.78, 5) is 11.8. The Morgan fingerprint density at radius 1 is 1.29 bits per heavy atom. The smallest absolute Gasteiger partial charge is 0.229 e. The van der Waals surface area contributed by atoms with E-state index in [1.165, 1.54) is 5.56 Å². The SMILES string of the molecule is CC1=CC(Cc2ccccc2)C(CN)C(=O)N1. The van der Waals surface area contributed by atoms with E-state index >= 15 is 0 Å². The van der Waals surface area contributed by atoms with Crippen LogP contribution in [0, 0.1) is 11.8 Å². The second-order valence-corrected chi connectivity index (χ2v) is 4.53. The molecule has 3 N–H and O–H groups in total. The Kier molecular flexibility index (Phi) is 3.59. The number of carbonyl (C=O) groups excluding carboxylic acids is 1. The molecule has 17 heavy (non-hydrogen) atoms. The van der Waals surface area contributed by atoms with Crippen molar-refractivity contribution in [2.75, 3.05) is 6.54 Å². The number of rotatable bonds is 3. The summed E-state index contributed by atoms with van der Waals surface area (Å²) in [5, 5.41) is 2.84. The van der Waals surface area contributed by atoms with Crippen molar-refractivity contribution in [3.63, 3.8) is 0 Å². The zero-order valence-corrected chi connectivity index (χ0v) is 10.0. The molecule has 0 radical (unpaired) electrons. The first-order chi connectivity index (χ1) is 8.20. The third-order valence-corrected chi connectivity index (χ3v) is 3.21. The summed E-state index contributed by atoms with van der Waals surface area (Å²) in [6.45, 7) is 2.32. The fourth-order valence-corrected chi connectivity index (χ4v) is 2.33. The molecule has 3 nitrogen and oxygen atoms in total. The number of nitrogens with one attached hydrogen (secondary N) is 1. The summed E-state index contributed by atoms with van der Waals surface area (Å²) in [5.74, 6) is 0.142. The molecule has 1 aliphatic heterocycles. The number of carbonyl (C=O) groups is 1. The summed E-state index contributed by atoms with van der Waals surface area (Å²) in [7, 11) is 0. The molecule has 1 heterocycles. The Hall–Kier alpha value is -1.61. The van der Waals surface area contributed by atoms with Gasteiger partial charge in [0.05, 0.1) is 5.92 Å². The van der Waals surface area contributed by atoms with Crippen LogP contribution < -0.4 is 11.1 Å². The van der Waals surface area contributed by atoms with Gasteiger partial charge in [0.15, 0.2) is 0 Å². The summed E-state index contributed by atoms with van der Waals surface area (Å²) < 4.78 is 0. The fraction of sp³-hybridized carbons (Fsp3) is 0.357. The van der Waals surface area contributed by atoms with Crippen LogP contribution in [0.2, 0.25) is 0 Å². The van der Waals surface area contributed by atoms with Crippen LogP contribution in [-0.2, 0) is 11.2 Å². The molecule has 1 aromatic carbocycles. The second kappa shape index (κ2) is 5.15. The van der Waals surface area contributed by atoms with Crippen LogP contribution in [0.25, 0.3) is 0 Å². The van der Waals surface area contributed by atoms with Gasteiger partial charge >= 0.3 is 0 Å². The first-order valence-corrected chi connectivity index (χ1v) is 5.94. The van der Waals surface area contributed by atoms with E-state index in [2.05, 4.69) is 23.5 Å². The topological polar surface area (TPSA) is 55.1 Å². The summed E-state index contributed by atoms with van der Waals surface area (Å²) in [5.41, 5.74) is 7.87. The van der Waals surface area contributed by atoms with Gasteiger partial charge in [0.2, 0.25) is 5.91 Å². The Balaban J connectivity index is 2.18. The molecule has 0 aromatic heterocycles. The molecule has 1 amide bonds. The van der Waals surface area contributed by atoms with Crippen LogP contribution in [0.3, 0.4) is 0 Å². The second-order valence-electron chi connectivity index (χ2n) is 4.53. The van der Waals surface area contributed by atoms with Crippen molar-refractivity contribution in [2.45, 2.75) is 13.3 Å². The van der Waals surface area contributed by atoms with E-state index in [0.717, 1.165) is 12.1 Å². The van der Waals surface area contributed by atoms with Gasteiger partial charge < -0.3 is 11.1 Å². The van der Waals surface area contributed by atoms with Crippen molar-refractivity contribution in [3.05, 3.63) is 47.7 Å². The van der Waals surface area contributed by atoms with Crippen LogP contribution in [0.5, 0.6) is 0 Å². The van der Waals surface area contributed by atoms with Crippen molar-refractivity contribution >= 4 is 5.91 Å². The third kappa shape index (κ3) is 2.74. The van der Waals surface area contributed by atoms with Gasteiger partial charge in [0.25, 0.3) is 0 Å². The molecule has 1 aromatic rings. The molecular weight excluding hydrogens is 212 g/mol. The highest BCUT2D eigenvalue weighted by molar-refractivity contribution is 5.82. The van der Waals surface area contributed by atoms with E-state index in [4.69, 9.17) is 5.73 Å². The van der Waals surface area contributed by atoms with Gasteiger partial charge in [-0.2, -0.15) is 0 Å². The number of hydrogen-bond acceptors (Lipinski definition) is 2. The lowest BCUT2D eigenvalue weighted by atomic mass is 9.83. The Labute approximate surface area is 102 Å². The van der Waals surface area contributed by atoms with Gasteiger partial charge in [-0.3, -0.25) is 4.79 Å². The maximum atomic E-state index is 11.8. The standard InChI is InChI=1S/C14H18N2O/c1-10-7-12(13(9-15)14(17)16-10)8-11-5-3-2-4-6-11/h2-7,12-13H,8-9,15H2,1H3,(H,16,17). The minimum absolute atomic E-state index is 0.0495. The largest absolute Gasteiger partial charge is 0.330 e. The molecule has 0 saturated heterocycles. The molecule has 2 atom stereocenters. The first kappa shape index (κ1) is 11.9. The highest BCUT2D eigenvalue weighted by Crippen LogP contribution is 2.23. The van der Waals surface area contributed by atoms with Crippen molar-refractivity contribution < 1.29 is 4.79 Å². The van der Waals surface area contributed by atoms with E-state index in [1.54, 1.807) is 0 Å². The van der Waals surface area contributed by atoms with Gasteiger partial charge in [0.1, 0.15) is 0 Å². The quantitative estimate of drug-likeness (QED) is 0.826. The molecular formula is C14H18N2O. The lowest BCUT2D eigenvalue weighted by Crippen LogP contribution is -2.42. The maximum absolute atomic E-state index is 11.8. The van der Waals surface area contributed by atoms with Crippen molar-refractivity contribution in [3.8, 4) is 0 Å². The average Bonchev–Trinajstić information content (AvgIpc) is 2.30.